The third-order valence-corrected chi connectivity index (χ3v) is 3.75. The van der Waals surface area contributed by atoms with Gasteiger partial charge in [0.2, 0.25) is 0 Å². The van der Waals surface area contributed by atoms with Crippen LogP contribution >= 0.6 is 0 Å². The first-order valence-electron chi connectivity index (χ1n) is 7.25. The van der Waals surface area contributed by atoms with E-state index < -0.39 is 0 Å². The number of nitrogens with zero attached hydrogens (tertiary/aromatic N) is 1. The van der Waals surface area contributed by atoms with Gasteiger partial charge in [0.1, 0.15) is 0 Å². The lowest BCUT2D eigenvalue weighted by Gasteiger charge is -2.38. The second-order valence-electron chi connectivity index (χ2n) is 5.59. The Balaban J connectivity index is 2.11. The maximum atomic E-state index is 12.5. The maximum Gasteiger partial charge on any atom is 0.254 e. The van der Waals surface area contributed by atoms with Crippen molar-refractivity contribution in [1.29, 1.82) is 0 Å². The van der Waals surface area contributed by atoms with E-state index in [4.69, 9.17) is 0 Å². The summed E-state index contributed by atoms with van der Waals surface area (Å²) >= 11 is 0. The van der Waals surface area contributed by atoms with E-state index >= 15 is 0 Å². The molecule has 0 bridgehead atoms. The van der Waals surface area contributed by atoms with Crippen LogP contribution in [-0.4, -0.2) is 36.5 Å². The average Bonchev–Trinajstić information content (AvgIpc) is 2.35. The van der Waals surface area contributed by atoms with Gasteiger partial charge >= 0.3 is 0 Å². The minimum Gasteiger partial charge on any atom is -0.333 e. The molecule has 1 heterocycles. The van der Waals surface area contributed by atoms with Gasteiger partial charge in [0.05, 0.1) is 6.04 Å². The molecule has 104 valence electrons. The highest BCUT2D eigenvalue weighted by Gasteiger charge is 2.28. The highest BCUT2D eigenvalue weighted by Crippen LogP contribution is 2.17. The maximum absolute atomic E-state index is 12.5. The zero-order valence-electron chi connectivity index (χ0n) is 12.1. The Morgan fingerprint density at radius 1 is 1.32 bits per heavy atom. The largest absolute Gasteiger partial charge is 0.333 e. The molecule has 19 heavy (non-hydrogen) atoms. The van der Waals surface area contributed by atoms with Crippen molar-refractivity contribution in [1.82, 2.24) is 10.2 Å². The molecule has 1 aromatic rings. The van der Waals surface area contributed by atoms with Gasteiger partial charge in [-0.1, -0.05) is 32.9 Å². The first-order valence-corrected chi connectivity index (χ1v) is 7.25. The standard InChI is InChI=1S/C16H24N2O/c1-4-9-18(15-10-17-11-15)16(19)14-7-5-13(6-8-14)12(2)3/h5-8,12,15,17H,4,9-11H2,1-3H3. The number of nitrogens with one attached hydrogen (secondary N) is 1. The summed E-state index contributed by atoms with van der Waals surface area (Å²) in [6.45, 7) is 9.15. The summed E-state index contributed by atoms with van der Waals surface area (Å²) in [4.78, 5) is 14.6. The van der Waals surface area contributed by atoms with Crippen LogP contribution in [0.4, 0.5) is 0 Å². The van der Waals surface area contributed by atoms with E-state index in [0.717, 1.165) is 31.6 Å². The second-order valence-corrected chi connectivity index (χ2v) is 5.59. The molecule has 3 nitrogen and oxygen atoms in total. The molecule has 0 aliphatic carbocycles. The quantitative estimate of drug-likeness (QED) is 0.882. The molecule has 0 atom stereocenters. The van der Waals surface area contributed by atoms with E-state index in [0.29, 0.717) is 12.0 Å². The van der Waals surface area contributed by atoms with Gasteiger partial charge in [-0.2, -0.15) is 0 Å². The van der Waals surface area contributed by atoms with E-state index in [1.54, 1.807) is 0 Å². The fourth-order valence-corrected chi connectivity index (χ4v) is 2.36. The Hall–Kier alpha value is -1.35. The fourth-order valence-electron chi connectivity index (χ4n) is 2.36. The molecule has 0 unspecified atom stereocenters. The van der Waals surface area contributed by atoms with Crippen molar-refractivity contribution >= 4 is 5.91 Å². The third-order valence-electron chi connectivity index (χ3n) is 3.75. The van der Waals surface area contributed by atoms with Crippen LogP contribution in [0, 0.1) is 0 Å². The van der Waals surface area contributed by atoms with Gasteiger partial charge in [-0.15, -0.1) is 0 Å². The minimum absolute atomic E-state index is 0.170. The Bertz CT molecular complexity index is 421. The third kappa shape index (κ3) is 3.16. The number of benzene rings is 1. The molecule has 2 rings (SSSR count). The number of carbonyl (C=O) groups is 1. The number of amides is 1. The number of carbonyl (C=O) groups excluding carboxylic acids is 1. The van der Waals surface area contributed by atoms with E-state index in [2.05, 4.69) is 38.2 Å². The number of hydrogen-bond donors (Lipinski definition) is 1. The number of hydrogen-bond acceptors (Lipinski definition) is 2. The van der Waals surface area contributed by atoms with Gasteiger partial charge in [0.25, 0.3) is 5.91 Å². The SMILES string of the molecule is CCCN(C(=O)c1ccc(C(C)C)cc1)C1CNC1. The predicted octanol–water partition coefficient (Wildman–Crippen LogP) is 2.63. The molecule has 1 saturated heterocycles. The molecule has 0 spiro atoms. The van der Waals surface area contributed by atoms with Gasteiger partial charge in [-0.25, -0.2) is 0 Å². The van der Waals surface area contributed by atoms with Crippen molar-refractivity contribution in [2.24, 2.45) is 0 Å². The summed E-state index contributed by atoms with van der Waals surface area (Å²) in [5.41, 5.74) is 2.09. The zero-order valence-corrected chi connectivity index (χ0v) is 12.1. The molecule has 1 aliphatic heterocycles. The summed E-state index contributed by atoms with van der Waals surface area (Å²) in [7, 11) is 0. The van der Waals surface area contributed by atoms with Crippen LogP contribution in [0.3, 0.4) is 0 Å². The first kappa shape index (κ1) is 14.1. The Morgan fingerprint density at radius 3 is 2.37 bits per heavy atom. The van der Waals surface area contributed by atoms with E-state index in [1.165, 1.54) is 5.56 Å². The molecule has 1 amide bonds. The molecule has 0 saturated carbocycles. The Morgan fingerprint density at radius 2 is 1.95 bits per heavy atom. The predicted molar refractivity (Wildman–Crippen MR) is 78.5 cm³/mol. The summed E-state index contributed by atoms with van der Waals surface area (Å²) in [6, 6.07) is 8.44. The summed E-state index contributed by atoms with van der Waals surface area (Å²) in [5, 5.41) is 3.24. The van der Waals surface area contributed by atoms with Crippen LogP contribution in [-0.2, 0) is 0 Å². The summed E-state index contributed by atoms with van der Waals surface area (Å²) < 4.78 is 0. The lowest BCUT2D eigenvalue weighted by Crippen LogP contribution is -2.59. The highest BCUT2D eigenvalue weighted by molar-refractivity contribution is 5.94. The van der Waals surface area contributed by atoms with Crippen LogP contribution in [0.25, 0.3) is 0 Å². The monoisotopic (exact) mass is 260 g/mol. The summed E-state index contributed by atoms with van der Waals surface area (Å²) in [5.74, 6) is 0.676. The van der Waals surface area contributed by atoms with E-state index in [9.17, 15) is 4.79 Å². The molecule has 3 heteroatoms. The van der Waals surface area contributed by atoms with Gasteiger partial charge in [0.15, 0.2) is 0 Å². The molecular formula is C16H24N2O. The molecule has 1 aliphatic rings. The average molecular weight is 260 g/mol. The Labute approximate surface area is 116 Å². The highest BCUT2D eigenvalue weighted by atomic mass is 16.2. The fraction of sp³-hybridized carbons (Fsp3) is 0.562. The molecule has 1 aromatic carbocycles. The first-order chi connectivity index (χ1) is 9.13. The Kier molecular flexibility index (Phi) is 4.59. The van der Waals surface area contributed by atoms with Crippen molar-refractivity contribution in [3.63, 3.8) is 0 Å². The lowest BCUT2D eigenvalue weighted by molar-refractivity contribution is 0.0616. The zero-order chi connectivity index (χ0) is 13.8. The smallest absolute Gasteiger partial charge is 0.254 e. The van der Waals surface area contributed by atoms with Crippen molar-refractivity contribution < 1.29 is 4.79 Å². The van der Waals surface area contributed by atoms with Crippen molar-refractivity contribution in [3.8, 4) is 0 Å². The normalized spacial score (nSPS) is 15.4. The van der Waals surface area contributed by atoms with E-state index in [-0.39, 0.29) is 5.91 Å². The van der Waals surface area contributed by atoms with Crippen LogP contribution in [0.15, 0.2) is 24.3 Å². The molecule has 0 aromatic heterocycles. The van der Waals surface area contributed by atoms with Crippen molar-refractivity contribution in [2.45, 2.75) is 39.2 Å². The molecule has 1 N–H and O–H groups in total. The molecule has 1 fully saturated rings. The second kappa shape index (κ2) is 6.20. The van der Waals surface area contributed by atoms with Crippen LogP contribution in [0.2, 0.25) is 0 Å². The van der Waals surface area contributed by atoms with Gasteiger partial charge < -0.3 is 10.2 Å². The van der Waals surface area contributed by atoms with E-state index in [1.807, 2.05) is 17.0 Å². The summed E-state index contributed by atoms with van der Waals surface area (Å²) in [6.07, 6.45) is 1.01. The molecule has 0 radical (unpaired) electrons. The van der Waals surface area contributed by atoms with Crippen molar-refractivity contribution in [3.05, 3.63) is 35.4 Å². The number of rotatable bonds is 5. The minimum atomic E-state index is 0.170. The lowest BCUT2D eigenvalue weighted by atomic mass is 10.0. The van der Waals surface area contributed by atoms with Crippen LogP contribution < -0.4 is 5.32 Å². The van der Waals surface area contributed by atoms with Crippen LogP contribution in [0.1, 0.15) is 49.0 Å². The van der Waals surface area contributed by atoms with Gasteiger partial charge in [-0.05, 0) is 30.0 Å². The topological polar surface area (TPSA) is 32.3 Å². The van der Waals surface area contributed by atoms with Crippen molar-refractivity contribution in [2.75, 3.05) is 19.6 Å². The molecular weight excluding hydrogens is 236 g/mol. The van der Waals surface area contributed by atoms with Gasteiger partial charge in [0, 0.05) is 25.2 Å². The van der Waals surface area contributed by atoms with Gasteiger partial charge in [-0.3, -0.25) is 4.79 Å². The van der Waals surface area contributed by atoms with Crippen LogP contribution in [0.5, 0.6) is 0 Å².